The number of methoxy groups -OCH3 is 1. The first-order valence-corrected chi connectivity index (χ1v) is 6.66. The van der Waals surface area contributed by atoms with Crippen LogP contribution in [0.4, 0.5) is 4.39 Å². The van der Waals surface area contributed by atoms with Crippen LogP contribution in [0, 0.1) is 5.82 Å². The molecule has 100 valence electrons. The Balaban J connectivity index is 2.18. The van der Waals surface area contributed by atoms with Gasteiger partial charge in [0, 0.05) is 16.5 Å². The molecule has 0 aromatic heterocycles. The normalized spacial score (nSPS) is 12.2. The van der Waals surface area contributed by atoms with E-state index in [0.29, 0.717) is 16.5 Å². The lowest BCUT2D eigenvalue weighted by atomic mass is 10.0. The van der Waals surface area contributed by atoms with E-state index in [9.17, 15) is 9.50 Å². The maximum absolute atomic E-state index is 13.7. The molecule has 0 heterocycles. The van der Waals surface area contributed by atoms with Crippen LogP contribution >= 0.6 is 15.9 Å². The van der Waals surface area contributed by atoms with Crippen LogP contribution in [0.25, 0.3) is 0 Å². The SMILES string of the molecule is COc1ccc(CC(O)c2c(F)cccc2Br)cc1. The molecule has 4 heteroatoms. The Hall–Kier alpha value is -1.39. The number of aliphatic hydroxyl groups is 1. The Bertz CT molecular complexity index is 534. The fraction of sp³-hybridized carbons (Fsp3) is 0.200. The molecule has 1 N–H and O–H groups in total. The largest absolute Gasteiger partial charge is 0.497 e. The molecule has 0 amide bonds. The Morgan fingerprint density at radius 2 is 1.89 bits per heavy atom. The van der Waals surface area contributed by atoms with Crippen molar-refractivity contribution in [1.29, 1.82) is 0 Å². The average molecular weight is 325 g/mol. The van der Waals surface area contributed by atoms with Crippen LogP contribution in [0.5, 0.6) is 5.75 Å². The van der Waals surface area contributed by atoms with Crippen LogP contribution in [-0.2, 0) is 6.42 Å². The van der Waals surface area contributed by atoms with Crippen molar-refractivity contribution < 1.29 is 14.2 Å². The van der Waals surface area contributed by atoms with Crippen LogP contribution in [-0.4, -0.2) is 12.2 Å². The van der Waals surface area contributed by atoms with E-state index in [1.807, 2.05) is 24.3 Å². The molecule has 19 heavy (non-hydrogen) atoms. The molecule has 0 aliphatic carbocycles. The number of aliphatic hydroxyl groups excluding tert-OH is 1. The van der Waals surface area contributed by atoms with Crippen molar-refractivity contribution in [3.05, 3.63) is 63.9 Å². The van der Waals surface area contributed by atoms with Gasteiger partial charge in [0.15, 0.2) is 0 Å². The van der Waals surface area contributed by atoms with Gasteiger partial charge in [0.25, 0.3) is 0 Å². The molecule has 2 rings (SSSR count). The summed E-state index contributed by atoms with van der Waals surface area (Å²) in [5.74, 6) is 0.348. The van der Waals surface area contributed by atoms with Gasteiger partial charge in [0.2, 0.25) is 0 Å². The van der Waals surface area contributed by atoms with Crippen molar-refractivity contribution in [2.45, 2.75) is 12.5 Å². The molecule has 0 bridgehead atoms. The maximum Gasteiger partial charge on any atom is 0.130 e. The van der Waals surface area contributed by atoms with E-state index in [1.165, 1.54) is 6.07 Å². The summed E-state index contributed by atoms with van der Waals surface area (Å²) in [6, 6.07) is 12.0. The highest BCUT2D eigenvalue weighted by Crippen LogP contribution is 2.28. The smallest absolute Gasteiger partial charge is 0.130 e. The summed E-state index contributed by atoms with van der Waals surface area (Å²) in [5, 5.41) is 10.2. The van der Waals surface area contributed by atoms with Gasteiger partial charge in [-0.3, -0.25) is 0 Å². The van der Waals surface area contributed by atoms with Gasteiger partial charge in [-0.05, 0) is 29.8 Å². The molecule has 1 atom stereocenters. The second kappa shape index (κ2) is 6.17. The van der Waals surface area contributed by atoms with Gasteiger partial charge in [-0.15, -0.1) is 0 Å². The zero-order valence-corrected chi connectivity index (χ0v) is 12.0. The van der Waals surface area contributed by atoms with Crippen LogP contribution in [0.3, 0.4) is 0 Å². The molecule has 1 unspecified atom stereocenters. The van der Waals surface area contributed by atoms with E-state index in [1.54, 1.807) is 19.2 Å². The van der Waals surface area contributed by atoms with E-state index in [-0.39, 0.29) is 0 Å². The zero-order chi connectivity index (χ0) is 13.8. The summed E-state index contributed by atoms with van der Waals surface area (Å²) >= 11 is 3.26. The van der Waals surface area contributed by atoms with Crippen LogP contribution in [0.1, 0.15) is 17.2 Å². The summed E-state index contributed by atoms with van der Waals surface area (Å²) in [4.78, 5) is 0. The highest BCUT2D eigenvalue weighted by atomic mass is 79.9. The lowest BCUT2D eigenvalue weighted by Crippen LogP contribution is -2.05. The van der Waals surface area contributed by atoms with E-state index >= 15 is 0 Å². The topological polar surface area (TPSA) is 29.5 Å². The molecular weight excluding hydrogens is 311 g/mol. The quantitative estimate of drug-likeness (QED) is 0.925. The third-order valence-electron chi connectivity index (χ3n) is 2.92. The predicted molar refractivity (Wildman–Crippen MR) is 75.8 cm³/mol. The number of ether oxygens (including phenoxy) is 1. The van der Waals surface area contributed by atoms with E-state index in [0.717, 1.165) is 11.3 Å². The average Bonchev–Trinajstić information content (AvgIpc) is 2.39. The molecule has 0 spiro atoms. The minimum Gasteiger partial charge on any atom is -0.497 e. The van der Waals surface area contributed by atoms with E-state index in [4.69, 9.17) is 4.74 Å². The maximum atomic E-state index is 13.7. The van der Waals surface area contributed by atoms with E-state index in [2.05, 4.69) is 15.9 Å². The highest BCUT2D eigenvalue weighted by Gasteiger charge is 2.16. The Morgan fingerprint density at radius 1 is 1.21 bits per heavy atom. The summed E-state index contributed by atoms with van der Waals surface area (Å²) in [6.07, 6.45) is -0.534. The summed E-state index contributed by atoms with van der Waals surface area (Å²) in [5.41, 5.74) is 1.21. The fourth-order valence-corrected chi connectivity index (χ4v) is 2.52. The number of rotatable bonds is 4. The number of benzene rings is 2. The minimum atomic E-state index is -0.885. The van der Waals surface area contributed by atoms with Crippen molar-refractivity contribution in [2.24, 2.45) is 0 Å². The third kappa shape index (κ3) is 3.33. The second-order valence-corrected chi connectivity index (χ2v) is 5.06. The Morgan fingerprint density at radius 3 is 2.47 bits per heavy atom. The van der Waals surface area contributed by atoms with Crippen molar-refractivity contribution >= 4 is 15.9 Å². The molecule has 0 aliphatic heterocycles. The molecule has 2 aromatic carbocycles. The first kappa shape index (κ1) is 14.0. The van der Waals surface area contributed by atoms with Gasteiger partial charge in [-0.25, -0.2) is 4.39 Å². The fourth-order valence-electron chi connectivity index (χ4n) is 1.92. The summed E-state index contributed by atoms with van der Waals surface area (Å²) in [7, 11) is 1.60. The first-order valence-electron chi connectivity index (χ1n) is 5.86. The number of hydrogen-bond donors (Lipinski definition) is 1. The lowest BCUT2D eigenvalue weighted by Gasteiger charge is -2.14. The van der Waals surface area contributed by atoms with Gasteiger partial charge in [0.1, 0.15) is 11.6 Å². The van der Waals surface area contributed by atoms with Gasteiger partial charge >= 0.3 is 0 Å². The Kier molecular flexibility index (Phi) is 4.56. The van der Waals surface area contributed by atoms with Gasteiger partial charge in [-0.2, -0.15) is 0 Å². The Labute approximate surface area is 120 Å². The molecule has 0 radical (unpaired) electrons. The van der Waals surface area contributed by atoms with E-state index < -0.39 is 11.9 Å². The molecule has 0 saturated heterocycles. The summed E-state index contributed by atoms with van der Waals surface area (Å²) in [6.45, 7) is 0. The van der Waals surface area contributed by atoms with Crippen LogP contribution in [0.15, 0.2) is 46.9 Å². The first-order chi connectivity index (χ1) is 9.11. The monoisotopic (exact) mass is 324 g/mol. The zero-order valence-electron chi connectivity index (χ0n) is 10.4. The van der Waals surface area contributed by atoms with Crippen LogP contribution < -0.4 is 4.74 Å². The number of halogens is 2. The van der Waals surface area contributed by atoms with Crippen LogP contribution in [0.2, 0.25) is 0 Å². The van der Waals surface area contributed by atoms with Gasteiger partial charge in [0.05, 0.1) is 13.2 Å². The minimum absolute atomic E-state index is 0.290. The molecule has 0 fully saturated rings. The van der Waals surface area contributed by atoms with Crippen molar-refractivity contribution in [3.63, 3.8) is 0 Å². The summed E-state index contributed by atoms with van der Waals surface area (Å²) < 4.78 is 19.4. The predicted octanol–water partition coefficient (Wildman–Crippen LogP) is 3.87. The van der Waals surface area contributed by atoms with Crippen molar-refractivity contribution in [2.75, 3.05) is 7.11 Å². The molecule has 2 aromatic rings. The standard InChI is InChI=1S/C15H14BrFO2/c1-19-11-7-5-10(6-8-11)9-14(18)15-12(16)3-2-4-13(15)17/h2-8,14,18H,9H2,1H3. The number of hydrogen-bond acceptors (Lipinski definition) is 2. The molecule has 0 aliphatic rings. The third-order valence-corrected chi connectivity index (χ3v) is 3.61. The highest BCUT2D eigenvalue weighted by molar-refractivity contribution is 9.10. The molecular formula is C15H14BrFO2. The molecule has 2 nitrogen and oxygen atoms in total. The second-order valence-electron chi connectivity index (χ2n) is 4.20. The van der Waals surface area contributed by atoms with Gasteiger partial charge in [-0.1, -0.05) is 34.1 Å². The lowest BCUT2D eigenvalue weighted by molar-refractivity contribution is 0.173. The van der Waals surface area contributed by atoms with Gasteiger partial charge < -0.3 is 9.84 Å². The van der Waals surface area contributed by atoms with Crippen molar-refractivity contribution in [1.82, 2.24) is 0 Å². The molecule has 0 saturated carbocycles. The van der Waals surface area contributed by atoms with Crippen molar-refractivity contribution in [3.8, 4) is 5.75 Å².